The van der Waals surface area contributed by atoms with Gasteiger partial charge in [-0.25, -0.2) is 9.37 Å². The molecule has 156 valence electrons. The van der Waals surface area contributed by atoms with Crippen LogP contribution in [-0.2, 0) is 6.42 Å². The van der Waals surface area contributed by atoms with Crippen LogP contribution in [0.3, 0.4) is 0 Å². The molecule has 1 aromatic heterocycles. The minimum absolute atomic E-state index is 0.00884. The van der Waals surface area contributed by atoms with Gasteiger partial charge in [0.15, 0.2) is 0 Å². The van der Waals surface area contributed by atoms with Crippen molar-refractivity contribution in [2.24, 2.45) is 0 Å². The predicted octanol–water partition coefficient (Wildman–Crippen LogP) is 6.19. The van der Waals surface area contributed by atoms with Crippen molar-refractivity contribution in [1.82, 2.24) is 4.98 Å². The lowest BCUT2D eigenvalue weighted by Gasteiger charge is -2.16. The van der Waals surface area contributed by atoms with Gasteiger partial charge in [-0.15, -0.1) is 0 Å². The van der Waals surface area contributed by atoms with Crippen LogP contribution in [0.25, 0.3) is 11.1 Å². The summed E-state index contributed by atoms with van der Waals surface area (Å²) in [5, 5.41) is 2.63. The number of carbonyl (C=O) groups is 1. The van der Waals surface area contributed by atoms with E-state index in [2.05, 4.69) is 36.3 Å². The van der Waals surface area contributed by atoms with Crippen molar-refractivity contribution >= 4 is 11.7 Å². The second-order valence-corrected chi connectivity index (χ2v) is 7.68. The van der Waals surface area contributed by atoms with Gasteiger partial charge in [0, 0.05) is 18.2 Å². The highest BCUT2D eigenvalue weighted by Crippen LogP contribution is 2.39. The van der Waals surface area contributed by atoms with Crippen LogP contribution >= 0.6 is 0 Å². The number of ether oxygens (including phenoxy) is 1. The van der Waals surface area contributed by atoms with Crippen LogP contribution in [0.15, 0.2) is 54.7 Å². The van der Waals surface area contributed by atoms with E-state index in [4.69, 9.17) is 4.74 Å². The zero-order chi connectivity index (χ0) is 21.9. The number of anilines is 1. The quantitative estimate of drug-likeness (QED) is 0.564. The molecule has 0 bridgehead atoms. The van der Waals surface area contributed by atoms with Gasteiger partial charge in [0.2, 0.25) is 0 Å². The molecule has 0 saturated carbocycles. The Kier molecular flexibility index (Phi) is 6.20. The van der Waals surface area contributed by atoms with Gasteiger partial charge in [0.25, 0.3) is 5.91 Å². The molecule has 0 unspecified atom stereocenters. The van der Waals surface area contributed by atoms with Gasteiger partial charge < -0.3 is 10.1 Å². The van der Waals surface area contributed by atoms with E-state index in [-0.39, 0.29) is 11.2 Å². The Bertz CT molecular complexity index is 1060. The molecule has 2 heterocycles. The lowest BCUT2D eigenvalue weighted by atomic mass is 9.95. The molecule has 0 aliphatic carbocycles. The van der Waals surface area contributed by atoms with Crippen molar-refractivity contribution in [2.45, 2.75) is 46.6 Å². The Morgan fingerprint density at radius 2 is 1.87 bits per heavy atom. The van der Waals surface area contributed by atoms with Gasteiger partial charge in [-0.1, -0.05) is 26.0 Å². The van der Waals surface area contributed by atoms with E-state index in [0.29, 0.717) is 5.82 Å². The minimum atomic E-state index is -0.560. The number of amides is 1. The molecule has 0 saturated heterocycles. The Morgan fingerprint density at radius 1 is 1.13 bits per heavy atom. The highest BCUT2D eigenvalue weighted by Gasteiger charge is 2.30. The van der Waals surface area contributed by atoms with E-state index in [0.717, 1.165) is 28.9 Å². The summed E-state index contributed by atoms with van der Waals surface area (Å²) >= 11 is 0. The standard InChI is InChI=1S/C23H21FN2O2.C2H6/c1-14-10-20-16(12-23(2,3)28-20)11-18(14)15-8-9-21(25-13-15)26-22(27)17-6-4-5-7-19(17)24;1-2/h4-11,13H,12H2,1-3H3,(H,25,26,27);1-2H3. The molecule has 5 heteroatoms. The zero-order valence-electron chi connectivity index (χ0n) is 18.0. The number of fused-ring (bicyclic) bond motifs is 1. The largest absolute Gasteiger partial charge is 0.487 e. The average molecular weight is 407 g/mol. The molecular formula is C25H27FN2O2. The number of benzene rings is 2. The molecule has 1 aliphatic rings. The minimum Gasteiger partial charge on any atom is -0.487 e. The summed E-state index contributed by atoms with van der Waals surface area (Å²) in [5.74, 6) is 0.232. The number of rotatable bonds is 3. The maximum absolute atomic E-state index is 13.7. The molecule has 1 N–H and O–H groups in total. The summed E-state index contributed by atoms with van der Waals surface area (Å²) in [5.41, 5.74) is 4.12. The van der Waals surface area contributed by atoms with Gasteiger partial charge in [-0.05, 0) is 73.9 Å². The normalized spacial score (nSPS) is 13.5. The summed E-state index contributed by atoms with van der Waals surface area (Å²) in [6.07, 6.45) is 2.58. The number of hydrogen-bond acceptors (Lipinski definition) is 3. The second kappa shape index (κ2) is 8.66. The zero-order valence-corrected chi connectivity index (χ0v) is 18.0. The van der Waals surface area contributed by atoms with Crippen molar-refractivity contribution in [3.8, 4) is 16.9 Å². The van der Waals surface area contributed by atoms with E-state index in [1.807, 2.05) is 26.8 Å². The van der Waals surface area contributed by atoms with Crippen LogP contribution < -0.4 is 10.1 Å². The number of pyridine rings is 1. The Labute approximate surface area is 177 Å². The molecule has 4 nitrogen and oxygen atoms in total. The van der Waals surface area contributed by atoms with Crippen LogP contribution in [0.1, 0.15) is 49.2 Å². The number of hydrogen-bond donors (Lipinski definition) is 1. The van der Waals surface area contributed by atoms with Crippen LogP contribution in [-0.4, -0.2) is 16.5 Å². The average Bonchev–Trinajstić information content (AvgIpc) is 3.02. The van der Waals surface area contributed by atoms with Crippen molar-refractivity contribution in [2.75, 3.05) is 5.32 Å². The number of carbonyl (C=O) groups excluding carboxylic acids is 1. The van der Waals surface area contributed by atoms with Crippen molar-refractivity contribution < 1.29 is 13.9 Å². The SMILES string of the molecule is CC.Cc1cc2c(cc1-c1ccc(NC(=O)c3ccccc3F)nc1)CC(C)(C)O2. The molecule has 0 fully saturated rings. The first-order valence-corrected chi connectivity index (χ1v) is 10.2. The van der Waals surface area contributed by atoms with E-state index in [1.54, 1.807) is 24.4 Å². The highest BCUT2D eigenvalue weighted by molar-refractivity contribution is 6.04. The third-order valence-corrected chi connectivity index (χ3v) is 4.84. The molecule has 30 heavy (non-hydrogen) atoms. The van der Waals surface area contributed by atoms with Crippen molar-refractivity contribution in [1.29, 1.82) is 0 Å². The topological polar surface area (TPSA) is 51.2 Å². The summed E-state index contributed by atoms with van der Waals surface area (Å²) in [4.78, 5) is 16.6. The molecule has 4 rings (SSSR count). The van der Waals surface area contributed by atoms with Crippen LogP contribution in [0.4, 0.5) is 10.2 Å². The van der Waals surface area contributed by atoms with Crippen LogP contribution in [0, 0.1) is 12.7 Å². The highest BCUT2D eigenvalue weighted by atomic mass is 19.1. The Hall–Kier alpha value is -3.21. The van der Waals surface area contributed by atoms with Gasteiger partial charge in [-0.3, -0.25) is 4.79 Å². The van der Waals surface area contributed by atoms with Gasteiger partial charge >= 0.3 is 0 Å². The maximum atomic E-state index is 13.7. The van der Waals surface area contributed by atoms with Crippen LogP contribution in [0.5, 0.6) is 5.75 Å². The monoisotopic (exact) mass is 406 g/mol. The van der Waals surface area contributed by atoms with E-state index >= 15 is 0 Å². The molecule has 1 amide bonds. The first kappa shape index (κ1) is 21.5. The third kappa shape index (κ3) is 4.51. The Morgan fingerprint density at radius 3 is 2.53 bits per heavy atom. The molecule has 2 aromatic carbocycles. The summed E-state index contributed by atoms with van der Waals surface area (Å²) in [6, 6.07) is 13.7. The lowest BCUT2D eigenvalue weighted by Crippen LogP contribution is -2.24. The molecular weight excluding hydrogens is 379 g/mol. The smallest absolute Gasteiger partial charge is 0.259 e. The van der Waals surface area contributed by atoms with E-state index in [9.17, 15) is 9.18 Å². The first-order valence-electron chi connectivity index (χ1n) is 10.2. The number of nitrogens with one attached hydrogen (secondary N) is 1. The molecule has 1 aliphatic heterocycles. The van der Waals surface area contributed by atoms with Crippen molar-refractivity contribution in [3.63, 3.8) is 0 Å². The van der Waals surface area contributed by atoms with Crippen molar-refractivity contribution in [3.05, 3.63) is 77.2 Å². The summed E-state index contributed by atoms with van der Waals surface area (Å²) < 4.78 is 19.7. The van der Waals surface area contributed by atoms with E-state index < -0.39 is 11.7 Å². The first-order chi connectivity index (χ1) is 14.3. The second-order valence-electron chi connectivity index (χ2n) is 7.68. The fourth-order valence-electron chi connectivity index (χ4n) is 3.52. The van der Waals surface area contributed by atoms with E-state index in [1.165, 1.54) is 17.7 Å². The third-order valence-electron chi connectivity index (χ3n) is 4.84. The number of aromatic nitrogens is 1. The fraction of sp³-hybridized carbons (Fsp3) is 0.280. The number of nitrogens with zero attached hydrogens (tertiary/aromatic N) is 1. The lowest BCUT2D eigenvalue weighted by molar-refractivity contribution is 0.102. The molecule has 3 aromatic rings. The molecule has 0 radical (unpaired) electrons. The number of halogens is 1. The summed E-state index contributed by atoms with van der Waals surface area (Å²) in [6.45, 7) is 10.2. The van der Waals surface area contributed by atoms with Gasteiger partial charge in [0.1, 0.15) is 23.0 Å². The predicted molar refractivity (Wildman–Crippen MR) is 119 cm³/mol. The summed E-state index contributed by atoms with van der Waals surface area (Å²) in [7, 11) is 0. The molecule has 0 spiro atoms. The molecule has 0 atom stereocenters. The fourth-order valence-corrected chi connectivity index (χ4v) is 3.52. The van der Waals surface area contributed by atoms with Gasteiger partial charge in [0.05, 0.1) is 5.56 Å². The van der Waals surface area contributed by atoms with Gasteiger partial charge in [-0.2, -0.15) is 0 Å². The Balaban J connectivity index is 0.00000124. The van der Waals surface area contributed by atoms with Crippen LogP contribution in [0.2, 0.25) is 0 Å². The number of aryl methyl sites for hydroxylation is 1. The maximum Gasteiger partial charge on any atom is 0.259 e.